The zero-order valence-corrected chi connectivity index (χ0v) is 11.2. The van der Waals surface area contributed by atoms with Crippen LogP contribution in [0, 0.1) is 11.6 Å². The molecule has 1 heterocycles. The number of halogens is 3. The van der Waals surface area contributed by atoms with Gasteiger partial charge in [-0.2, -0.15) is 5.10 Å². The molecule has 0 aliphatic heterocycles. The van der Waals surface area contributed by atoms with E-state index >= 15 is 0 Å². The Balaban J connectivity index is 2.27. The van der Waals surface area contributed by atoms with E-state index in [1.54, 1.807) is 13.2 Å². The van der Waals surface area contributed by atoms with Gasteiger partial charge in [-0.15, -0.1) is 0 Å². The van der Waals surface area contributed by atoms with Crippen LogP contribution in [0.2, 0.25) is 0 Å². The zero-order valence-electron chi connectivity index (χ0n) is 9.57. The average molecular weight is 317 g/mol. The van der Waals surface area contributed by atoms with E-state index in [9.17, 15) is 13.9 Å². The van der Waals surface area contributed by atoms with Crippen LogP contribution in [0.5, 0.6) is 0 Å². The highest BCUT2D eigenvalue weighted by Gasteiger charge is 2.19. The Labute approximate surface area is 111 Å². The van der Waals surface area contributed by atoms with E-state index in [1.165, 1.54) is 16.8 Å². The second-order valence-electron chi connectivity index (χ2n) is 3.93. The van der Waals surface area contributed by atoms with E-state index in [1.807, 2.05) is 0 Å². The third-order valence-electron chi connectivity index (χ3n) is 2.70. The summed E-state index contributed by atoms with van der Waals surface area (Å²) in [5.74, 6) is -1.83. The Morgan fingerprint density at radius 1 is 1.44 bits per heavy atom. The van der Waals surface area contributed by atoms with Crippen LogP contribution in [0.3, 0.4) is 0 Å². The normalized spacial score (nSPS) is 12.7. The summed E-state index contributed by atoms with van der Waals surface area (Å²) in [6.45, 7) is 0. The summed E-state index contributed by atoms with van der Waals surface area (Å²) < 4.78 is 28.7. The molecule has 2 rings (SSSR count). The van der Waals surface area contributed by atoms with Gasteiger partial charge in [-0.25, -0.2) is 8.78 Å². The predicted octanol–water partition coefficient (Wildman–Crippen LogP) is 2.74. The lowest BCUT2D eigenvalue weighted by Gasteiger charge is -2.12. The van der Waals surface area contributed by atoms with Crippen molar-refractivity contribution in [3.05, 3.63) is 51.8 Å². The van der Waals surface area contributed by atoms with Crippen molar-refractivity contribution in [1.82, 2.24) is 9.78 Å². The van der Waals surface area contributed by atoms with Gasteiger partial charge in [-0.3, -0.25) is 4.68 Å². The number of hydrogen-bond donors (Lipinski definition) is 1. The molecule has 0 radical (unpaired) electrons. The maximum Gasteiger partial charge on any atom is 0.162 e. The fourth-order valence-electron chi connectivity index (χ4n) is 1.81. The molecule has 1 unspecified atom stereocenters. The van der Waals surface area contributed by atoms with E-state index in [2.05, 4.69) is 21.0 Å². The van der Waals surface area contributed by atoms with Gasteiger partial charge in [-0.05, 0) is 27.6 Å². The molecule has 96 valence electrons. The molecule has 0 aliphatic carbocycles. The molecule has 1 atom stereocenters. The number of aliphatic hydroxyl groups is 1. The number of nitrogens with zero attached hydrogens (tertiary/aromatic N) is 2. The maximum atomic E-state index is 13.5. The quantitative estimate of drug-likeness (QED) is 0.945. The van der Waals surface area contributed by atoms with Crippen LogP contribution in [0.15, 0.2) is 28.9 Å². The first-order valence-corrected chi connectivity index (χ1v) is 6.08. The van der Waals surface area contributed by atoms with Gasteiger partial charge in [0.25, 0.3) is 0 Å². The summed E-state index contributed by atoms with van der Waals surface area (Å²) in [7, 11) is 1.67. The summed E-state index contributed by atoms with van der Waals surface area (Å²) in [5, 5.41) is 14.0. The Kier molecular flexibility index (Phi) is 3.77. The van der Waals surface area contributed by atoms with Crippen LogP contribution in [-0.4, -0.2) is 14.9 Å². The van der Waals surface area contributed by atoms with Crippen LogP contribution in [0.1, 0.15) is 17.4 Å². The van der Waals surface area contributed by atoms with Crippen LogP contribution >= 0.6 is 15.9 Å². The summed E-state index contributed by atoms with van der Waals surface area (Å²) in [4.78, 5) is 0. The summed E-state index contributed by atoms with van der Waals surface area (Å²) in [5.41, 5.74) is 0.661. The summed E-state index contributed by atoms with van der Waals surface area (Å²) in [6.07, 6.45) is 0.575. The van der Waals surface area contributed by atoms with Gasteiger partial charge >= 0.3 is 0 Å². The Morgan fingerprint density at radius 2 is 2.17 bits per heavy atom. The largest absolute Gasteiger partial charge is 0.386 e. The molecule has 1 aromatic heterocycles. The fraction of sp³-hybridized carbons (Fsp3) is 0.250. The summed E-state index contributed by atoms with van der Waals surface area (Å²) in [6, 6.07) is 3.91. The number of rotatable bonds is 3. The Bertz CT molecular complexity index is 552. The molecule has 0 fully saturated rings. The lowest BCUT2D eigenvalue weighted by atomic mass is 10.0. The smallest absolute Gasteiger partial charge is 0.162 e. The van der Waals surface area contributed by atoms with Crippen LogP contribution in [0.4, 0.5) is 8.78 Å². The lowest BCUT2D eigenvalue weighted by molar-refractivity contribution is 0.166. The molecule has 0 spiro atoms. The third kappa shape index (κ3) is 2.44. The van der Waals surface area contributed by atoms with E-state index in [0.717, 1.165) is 6.07 Å². The van der Waals surface area contributed by atoms with Gasteiger partial charge in [-0.1, -0.05) is 12.1 Å². The Hall–Kier alpha value is -1.27. The molecule has 0 bridgehead atoms. The minimum atomic E-state index is -0.955. The van der Waals surface area contributed by atoms with Crippen LogP contribution in [-0.2, 0) is 13.5 Å². The van der Waals surface area contributed by atoms with Crippen LogP contribution < -0.4 is 0 Å². The standard InChI is InChI=1S/C12H11BrF2N2O/c1-17-12(8(13)6-16-17)10(18)5-7-3-2-4-9(14)11(7)15/h2-4,6,10,18H,5H2,1H3. The second kappa shape index (κ2) is 5.16. The first-order chi connectivity index (χ1) is 8.50. The van der Waals surface area contributed by atoms with Gasteiger partial charge in [0.2, 0.25) is 0 Å². The highest BCUT2D eigenvalue weighted by molar-refractivity contribution is 9.10. The lowest BCUT2D eigenvalue weighted by Crippen LogP contribution is -2.10. The first kappa shape index (κ1) is 13.2. The molecule has 0 aliphatic rings. The predicted molar refractivity (Wildman–Crippen MR) is 65.9 cm³/mol. The number of aromatic nitrogens is 2. The van der Waals surface area contributed by atoms with Crippen molar-refractivity contribution in [3.8, 4) is 0 Å². The molecule has 6 heteroatoms. The Morgan fingerprint density at radius 3 is 2.78 bits per heavy atom. The molecule has 1 aromatic carbocycles. The van der Waals surface area contributed by atoms with E-state index in [4.69, 9.17) is 0 Å². The highest BCUT2D eigenvalue weighted by atomic mass is 79.9. The molecule has 18 heavy (non-hydrogen) atoms. The van der Waals surface area contributed by atoms with E-state index in [-0.39, 0.29) is 12.0 Å². The minimum absolute atomic E-state index is 0.0122. The van der Waals surface area contributed by atoms with Crippen molar-refractivity contribution in [2.45, 2.75) is 12.5 Å². The molecule has 2 aromatic rings. The minimum Gasteiger partial charge on any atom is -0.386 e. The average Bonchev–Trinajstić information content (AvgIpc) is 2.65. The number of aliphatic hydroxyl groups excluding tert-OH is 1. The molecular weight excluding hydrogens is 306 g/mol. The molecule has 3 nitrogen and oxygen atoms in total. The molecular formula is C12H11BrF2N2O. The summed E-state index contributed by atoms with van der Waals surface area (Å²) >= 11 is 3.25. The van der Waals surface area contributed by atoms with Gasteiger partial charge in [0, 0.05) is 13.5 Å². The van der Waals surface area contributed by atoms with E-state index < -0.39 is 17.7 Å². The van der Waals surface area contributed by atoms with Crippen molar-refractivity contribution in [3.63, 3.8) is 0 Å². The molecule has 0 saturated heterocycles. The van der Waals surface area contributed by atoms with Crippen molar-refractivity contribution in [2.24, 2.45) is 7.05 Å². The van der Waals surface area contributed by atoms with Gasteiger partial charge in [0.1, 0.15) is 6.10 Å². The molecule has 0 saturated carbocycles. The SMILES string of the molecule is Cn1ncc(Br)c1C(O)Cc1cccc(F)c1F. The molecule has 0 amide bonds. The van der Waals surface area contributed by atoms with Crippen LogP contribution in [0.25, 0.3) is 0 Å². The third-order valence-corrected chi connectivity index (χ3v) is 3.31. The first-order valence-electron chi connectivity index (χ1n) is 5.29. The number of hydrogen-bond acceptors (Lipinski definition) is 2. The monoisotopic (exact) mass is 316 g/mol. The molecule has 1 N–H and O–H groups in total. The van der Waals surface area contributed by atoms with Crippen molar-refractivity contribution in [2.75, 3.05) is 0 Å². The van der Waals surface area contributed by atoms with E-state index in [0.29, 0.717) is 10.2 Å². The maximum absolute atomic E-state index is 13.5. The second-order valence-corrected chi connectivity index (χ2v) is 4.79. The van der Waals surface area contributed by atoms with Crippen molar-refractivity contribution in [1.29, 1.82) is 0 Å². The number of aryl methyl sites for hydroxylation is 1. The topological polar surface area (TPSA) is 38.0 Å². The zero-order chi connectivity index (χ0) is 13.3. The van der Waals surface area contributed by atoms with Gasteiger partial charge < -0.3 is 5.11 Å². The van der Waals surface area contributed by atoms with Crippen molar-refractivity contribution >= 4 is 15.9 Å². The number of benzene rings is 1. The highest BCUT2D eigenvalue weighted by Crippen LogP contribution is 2.26. The van der Waals surface area contributed by atoms with Gasteiger partial charge in [0.05, 0.1) is 16.4 Å². The van der Waals surface area contributed by atoms with Crippen molar-refractivity contribution < 1.29 is 13.9 Å². The van der Waals surface area contributed by atoms with Gasteiger partial charge in [0.15, 0.2) is 11.6 Å². The fourth-order valence-corrected chi connectivity index (χ4v) is 2.42.